The van der Waals surface area contributed by atoms with E-state index in [9.17, 15) is 4.79 Å². The van der Waals surface area contributed by atoms with E-state index in [0.717, 1.165) is 17.6 Å². The van der Waals surface area contributed by atoms with Crippen LogP contribution >= 0.6 is 0 Å². The second-order valence-electron chi connectivity index (χ2n) is 4.01. The predicted octanol–water partition coefficient (Wildman–Crippen LogP) is 3.00. The van der Waals surface area contributed by atoms with E-state index in [4.69, 9.17) is 0 Å². The predicted molar refractivity (Wildman–Crippen MR) is 68.0 cm³/mol. The van der Waals surface area contributed by atoms with Crippen molar-refractivity contribution in [1.29, 1.82) is 0 Å². The minimum atomic E-state index is -0.0179. The van der Waals surface area contributed by atoms with E-state index in [0.29, 0.717) is 0 Å². The van der Waals surface area contributed by atoms with Crippen molar-refractivity contribution in [3.05, 3.63) is 42.0 Å². The fraction of sp³-hybridized carbons (Fsp3) is 0.357. The maximum atomic E-state index is 11.6. The van der Waals surface area contributed by atoms with Gasteiger partial charge in [-0.3, -0.25) is 4.79 Å². The van der Waals surface area contributed by atoms with Gasteiger partial charge in [-0.1, -0.05) is 37.3 Å². The third kappa shape index (κ3) is 3.89. The standard InChI is InChI=1S/C14H19NO/c1-4-12(3)15-14(16)10-11(2)13-8-6-5-7-9-13/h5-10,12H,4H2,1-3H3,(H,15,16)/b11-10+. The van der Waals surface area contributed by atoms with Gasteiger partial charge < -0.3 is 5.32 Å². The lowest BCUT2D eigenvalue weighted by atomic mass is 10.1. The van der Waals surface area contributed by atoms with Gasteiger partial charge >= 0.3 is 0 Å². The molecule has 2 heteroatoms. The number of benzene rings is 1. The fourth-order valence-corrected chi connectivity index (χ4v) is 1.37. The van der Waals surface area contributed by atoms with Crippen LogP contribution in [0.4, 0.5) is 0 Å². The average molecular weight is 217 g/mol. The molecular formula is C14H19NO. The Morgan fingerprint density at radius 3 is 2.56 bits per heavy atom. The summed E-state index contributed by atoms with van der Waals surface area (Å²) in [5.74, 6) is -0.0179. The molecule has 1 atom stereocenters. The van der Waals surface area contributed by atoms with Crippen LogP contribution in [0.3, 0.4) is 0 Å². The van der Waals surface area contributed by atoms with Gasteiger partial charge in [-0.25, -0.2) is 0 Å². The van der Waals surface area contributed by atoms with Gasteiger partial charge in [0.25, 0.3) is 0 Å². The Morgan fingerprint density at radius 2 is 2.00 bits per heavy atom. The summed E-state index contributed by atoms with van der Waals surface area (Å²) in [5, 5.41) is 2.91. The van der Waals surface area contributed by atoms with E-state index in [1.807, 2.05) is 44.2 Å². The highest BCUT2D eigenvalue weighted by atomic mass is 16.1. The molecule has 1 aromatic rings. The Balaban J connectivity index is 2.67. The fourth-order valence-electron chi connectivity index (χ4n) is 1.37. The molecule has 0 bridgehead atoms. The molecule has 0 aliphatic carbocycles. The lowest BCUT2D eigenvalue weighted by molar-refractivity contribution is -0.117. The first-order valence-corrected chi connectivity index (χ1v) is 5.67. The lowest BCUT2D eigenvalue weighted by Gasteiger charge is -2.09. The zero-order valence-electron chi connectivity index (χ0n) is 10.2. The monoisotopic (exact) mass is 217 g/mol. The second-order valence-corrected chi connectivity index (χ2v) is 4.01. The third-order valence-corrected chi connectivity index (χ3v) is 2.58. The Labute approximate surface area is 97.4 Å². The van der Waals surface area contributed by atoms with Crippen LogP contribution in [0, 0.1) is 0 Å². The molecule has 0 radical (unpaired) electrons. The molecule has 0 fully saturated rings. The molecule has 1 rings (SSSR count). The summed E-state index contributed by atoms with van der Waals surface area (Å²) >= 11 is 0. The normalized spacial score (nSPS) is 13.3. The van der Waals surface area contributed by atoms with Crippen molar-refractivity contribution in [2.45, 2.75) is 33.2 Å². The van der Waals surface area contributed by atoms with Crippen LogP contribution in [-0.2, 0) is 4.79 Å². The highest BCUT2D eigenvalue weighted by molar-refractivity contribution is 5.94. The molecule has 1 aromatic carbocycles. The van der Waals surface area contributed by atoms with Crippen LogP contribution < -0.4 is 5.32 Å². The largest absolute Gasteiger partial charge is 0.350 e. The molecule has 86 valence electrons. The number of nitrogens with one attached hydrogen (secondary N) is 1. The summed E-state index contributed by atoms with van der Waals surface area (Å²) in [7, 11) is 0. The van der Waals surface area contributed by atoms with Crippen LogP contribution in [0.1, 0.15) is 32.8 Å². The van der Waals surface area contributed by atoms with Gasteiger partial charge in [0, 0.05) is 12.1 Å². The van der Waals surface area contributed by atoms with Gasteiger partial charge in [0.1, 0.15) is 0 Å². The Morgan fingerprint density at radius 1 is 1.38 bits per heavy atom. The van der Waals surface area contributed by atoms with Gasteiger partial charge in [0.15, 0.2) is 0 Å². The molecule has 0 aliphatic rings. The molecule has 1 amide bonds. The molecule has 0 heterocycles. The maximum Gasteiger partial charge on any atom is 0.244 e. The SMILES string of the molecule is CCC(C)NC(=O)/C=C(\C)c1ccccc1. The van der Waals surface area contributed by atoms with E-state index in [1.165, 1.54) is 0 Å². The molecule has 1 unspecified atom stereocenters. The first kappa shape index (κ1) is 12.5. The first-order chi connectivity index (χ1) is 7.63. The van der Waals surface area contributed by atoms with Crippen molar-refractivity contribution >= 4 is 11.5 Å². The van der Waals surface area contributed by atoms with Crippen LogP contribution in [0.2, 0.25) is 0 Å². The van der Waals surface area contributed by atoms with Gasteiger partial charge in [-0.15, -0.1) is 0 Å². The molecule has 1 N–H and O–H groups in total. The van der Waals surface area contributed by atoms with Crippen molar-refractivity contribution in [3.63, 3.8) is 0 Å². The smallest absolute Gasteiger partial charge is 0.244 e. The van der Waals surface area contributed by atoms with E-state index < -0.39 is 0 Å². The lowest BCUT2D eigenvalue weighted by Crippen LogP contribution is -2.30. The zero-order valence-corrected chi connectivity index (χ0v) is 10.2. The first-order valence-electron chi connectivity index (χ1n) is 5.67. The number of carbonyl (C=O) groups excluding carboxylic acids is 1. The highest BCUT2D eigenvalue weighted by Crippen LogP contribution is 2.12. The highest BCUT2D eigenvalue weighted by Gasteiger charge is 2.03. The Kier molecular flexibility index (Phi) is 4.77. The van der Waals surface area contributed by atoms with Crippen LogP contribution in [0.5, 0.6) is 0 Å². The third-order valence-electron chi connectivity index (χ3n) is 2.58. The van der Waals surface area contributed by atoms with Gasteiger partial charge in [0.2, 0.25) is 5.91 Å². The van der Waals surface area contributed by atoms with E-state index in [2.05, 4.69) is 12.2 Å². The molecule has 0 aromatic heterocycles. The Hall–Kier alpha value is -1.57. The van der Waals surface area contributed by atoms with Crippen molar-refractivity contribution in [2.24, 2.45) is 0 Å². The topological polar surface area (TPSA) is 29.1 Å². The van der Waals surface area contributed by atoms with Crippen molar-refractivity contribution < 1.29 is 4.79 Å². The summed E-state index contributed by atoms with van der Waals surface area (Å²) in [6.07, 6.45) is 2.60. The summed E-state index contributed by atoms with van der Waals surface area (Å²) in [6.45, 7) is 6.01. The number of hydrogen-bond acceptors (Lipinski definition) is 1. The van der Waals surface area contributed by atoms with Crippen LogP contribution in [0.25, 0.3) is 5.57 Å². The Bertz CT molecular complexity index is 368. The van der Waals surface area contributed by atoms with Gasteiger partial charge in [-0.05, 0) is 31.4 Å². The molecular weight excluding hydrogens is 198 g/mol. The summed E-state index contributed by atoms with van der Waals surface area (Å²) in [4.78, 5) is 11.6. The molecule has 2 nitrogen and oxygen atoms in total. The van der Waals surface area contributed by atoms with Crippen LogP contribution in [-0.4, -0.2) is 11.9 Å². The molecule has 0 saturated heterocycles. The van der Waals surface area contributed by atoms with E-state index in [1.54, 1.807) is 6.08 Å². The summed E-state index contributed by atoms with van der Waals surface area (Å²) in [6, 6.07) is 10.1. The zero-order chi connectivity index (χ0) is 12.0. The van der Waals surface area contributed by atoms with E-state index in [-0.39, 0.29) is 11.9 Å². The molecule has 0 spiro atoms. The quantitative estimate of drug-likeness (QED) is 0.772. The van der Waals surface area contributed by atoms with Crippen molar-refractivity contribution in [3.8, 4) is 0 Å². The van der Waals surface area contributed by atoms with Gasteiger partial charge in [0.05, 0.1) is 0 Å². The number of amides is 1. The van der Waals surface area contributed by atoms with Gasteiger partial charge in [-0.2, -0.15) is 0 Å². The van der Waals surface area contributed by atoms with Crippen molar-refractivity contribution in [1.82, 2.24) is 5.32 Å². The average Bonchev–Trinajstić information content (AvgIpc) is 2.29. The minimum absolute atomic E-state index is 0.0179. The number of rotatable bonds is 4. The number of hydrogen-bond donors (Lipinski definition) is 1. The summed E-state index contributed by atoms with van der Waals surface area (Å²) in [5.41, 5.74) is 2.07. The molecule has 0 saturated carbocycles. The maximum absolute atomic E-state index is 11.6. The molecule has 0 aliphatic heterocycles. The second kappa shape index (κ2) is 6.11. The molecule has 16 heavy (non-hydrogen) atoms. The van der Waals surface area contributed by atoms with Crippen LogP contribution in [0.15, 0.2) is 36.4 Å². The minimum Gasteiger partial charge on any atom is -0.350 e. The number of allylic oxidation sites excluding steroid dienone is 1. The number of carbonyl (C=O) groups is 1. The van der Waals surface area contributed by atoms with Crippen molar-refractivity contribution in [2.75, 3.05) is 0 Å². The van der Waals surface area contributed by atoms with E-state index >= 15 is 0 Å². The summed E-state index contributed by atoms with van der Waals surface area (Å²) < 4.78 is 0.